The summed E-state index contributed by atoms with van der Waals surface area (Å²) in [6.07, 6.45) is 1.87. The Kier molecular flexibility index (Phi) is 5.51. The standard InChI is InChI=1S/C27H23Cl2N3O/c1-15(2)26-22(27(33)30-23-10-8-17-6-4-5-7-21(17)23)9-11-24-25(16(3)31-32(24)26)18-12-19(28)14-20(29)13-18/h4-7,9,11-14,23H,1,8,10H2,2-3H3,(H,30,33)/t23-/m0/s1. The maximum absolute atomic E-state index is 13.4. The van der Waals surface area contributed by atoms with Gasteiger partial charge in [-0.1, -0.05) is 54.0 Å². The minimum atomic E-state index is -0.128. The summed E-state index contributed by atoms with van der Waals surface area (Å²) in [4.78, 5) is 13.4. The first-order valence-electron chi connectivity index (χ1n) is 10.9. The highest BCUT2D eigenvalue weighted by Gasteiger charge is 2.26. The van der Waals surface area contributed by atoms with E-state index in [1.165, 1.54) is 11.1 Å². The summed E-state index contributed by atoms with van der Waals surface area (Å²) in [5.74, 6) is -0.128. The zero-order valence-corrected chi connectivity index (χ0v) is 20.0. The molecule has 0 saturated heterocycles. The number of hydrogen-bond donors (Lipinski definition) is 1. The van der Waals surface area contributed by atoms with Crippen LogP contribution in [0.5, 0.6) is 0 Å². The lowest BCUT2D eigenvalue weighted by molar-refractivity contribution is 0.0936. The van der Waals surface area contributed by atoms with Crippen LogP contribution in [-0.4, -0.2) is 15.5 Å². The lowest BCUT2D eigenvalue weighted by Crippen LogP contribution is -2.28. The molecule has 4 nitrogen and oxygen atoms in total. The number of hydrogen-bond acceptors (Lipinski definition) is 2. The molecule has 1 amide bonds. The average Bonchev–Trinajstić information content (AvgIpc) is 3.32. The number of rotatable bonds is 4. The number of nitrogens with zero attached hydrogens (tertiary/aromatic N) is 2. The van der Waals surface area contributed by atoms with Crippen LogP contribution in [0.2, 0.25) is 10.0 Å². The molecule has 1 atom stereocenters. The molecule has 1 N–H and O–H groups in total. The second-order valence-electron chi connectivity index (χ2n) is 8.56. The number of aromatic nitrogens is 2. The van der Waals surface area contributed by atoms with E-state index in [9.17, 15) is 4.79 Å². The summed E-state index contributed by atoms with van der Waals surface area (Å²) in [6, 6.07) is 17.5. The van der Waals surface area contributed by atoms with E-state index >= 15 is 0 Å². The number of carbonyl (C=O) groups is 1. The molecule has 1 aliphatic rings. The first-order valence-corrected chi connectivity index (χ1v) is 11.6. The Morgan fingerprint density at radius 1 is 1.12 bits per heavy atom. The zero-order valence-electron chi connectivity index (χ0n) is 18.5. The quantitative estimate of drug-likeness (QED) is 0.343. The molecule has 0 saturated carbocycles. The third-order valence-electron chi connectivity index (χ3n) is 6.21. The summed E-state index contributed by atoms with van der Waals surface area (Å²) in [7, 11) is 0. The molecule has 166 valence electrons. The van der Waals surface area contributed by atoms with E-state index in [2.05, 4.69) is 24.0 Å². The van der Waals surface area contributed by atoms with Gasteiger partial charge in [0.25, 0.3) is 5.91 Å². The molecule has 0 bridgehead atoms. The highest BCUT2D eigenvalue weighted by Crippen LogP contribution is 2.35. The van der Waals surface area contributed by atoms with Crippen LogP contribution in [-0.2, 0) is 6.42 Å². The van der Waals surface area contributed by atoms with Crippen molar-refractivity contribution >= 4 is 40.2 Å². The van der Waals surface area contributed by atoms with Crippen molar-refractivity contribution in [3.8, 4) is 11.1 Å². The molecule has 2 heterocycles. The van der Waals surface area contributed by atoms with E-state index in [1.54, 1.807) is 10.6 Å². The summed E-state index contributed by atoms with van der Waals surface area (Å²) in [5.41, 5.74) is 7.99. The number of allylic oxidation sites excluding steroid dienone is 1. The number of nitrogens with one attached hydrogen (secondary N) is 1. The number of pyridine rings is 1. The second kappa shape index (κ2) is 8.36. The van der Waals surface area contributed by atoms with Gasteiger partial charge in [0.2, 0.25) is 0 Å². The Balaban J connectivity index is 1.59. The van der Waals surface area contributed by atoms with Gasteiger partial charge in [0.05, 0.1) is 28.5 Å². The van der Waals surface area contributed by atoms with Crippen molar-refractivity contribution in [3.63, 3.8) is 0 Å². The van der Waals surface area contributed by atoms with E-state index in [0.29, 0.717) is 21.3 Å². The fourth-order valence-corrected chi connectivity index (χ4v) is 5.34. The predicted molar refractivity (Wildman–Crippen MR) is 135 cm³/mol. The fraction of sp³-hybridized carbons (Fsp3) is 0.185. The largest absolute Gasteiger partial charge is 0.345 e. The number of carbonyl (C=O) groups excluding carboxylic acids is 1. The summed E-state index contributed by atoms with van der Waals surface area (Å²) < 4.78 is 1.80. The summed E-state index contributed by atoms with van der Waals surface area (Å²) >= 11 is 12.5. The predicted octanol–water partition coefficient (Wildman–Crippen LogP) is 7.07. The number of fused-ring (bicyclic) bond motifs is 2. The number of amides is 1. The van der Waals surface area contributed by atoms with Crippen molar-refractivity contribution in [1.29, 1.82) is 0 Å². The molecule has 2 aromatic carbocycles. The van der Waals surface area contributed by atoms with E-state index in [1.807, 2.05) is 50.2 Å². The first kappa shape index (κ1) is 21.7. The molecule has 2 aromatic heterocycles. The maximum Gasteiger partial charge on any atom is 0.253 e. The van der Waals surface area contributed by atoms with E-state index in [4.69, 9.17) is 28.3 Å². The molecule has 6 heteroatoms. The van der Waals surface area contributed by atoms with Crippen LogP contribution >= 0.6 is 23.2 Å². The molecular formula is C27H23Cl2N3O. The van der Waals surface area contributed by atoms with Crippen molar-refractivity contribution in [2.24, 2.45) is 0 Å². The minimum absolute atomic E-state index is 0.00545. The Hall–Kier alpha value is -3.08. The summed E-state index contributed by atoms with van der Waals surface area (Å²) in [6.45, 7) is 7.97. The van der Waals surface area contributed by atoms with Crippen molar-refractivity contribution in [1.82, 2.24) is 14.9 Å². The first-order chi connectivity index (χ1) is 15.8. The molecule has 5 rings (SSSR count). The number of benzene rings is 2. The van der Waals surface area contributed by atoms with E-state index in [0.717, 1.165) is 40.8 Å². The van der Waals surface area contributed by atoms with Crippen LogP contribution in [0.4, 0.5) is 0 Å². The number of halogens is 2. The number of aryl methyl sites for hydroxylation is 2. The van der Waals surface area contributed by atoms with Crippen molar-refractivity contribution in [2.45, 2.75) is 32.7 Å². The highest BCUT2D eigenvalue weighted by molar-refractivity contribution is 6.35. The lowest BCUT2D eigenvalue weighted by Gasteiger charge is -2.17. The van der Waals surface area contributed by atoms with Gasteiger partial charge in [-0.05, 0) is 79.3 Å². The lowest BCUT2D eigenvalue weighted by atomic mass is 10.0. The van der Waals surface area contributed by atoms with Crippen LogP contribution in [0.25, 0.3) is 22.2 Å². The summed E-state index contributed by atoms with van der Waals surface area (Å²) in [5, 5.41) is 9.11. The molecule has 0 unspecified atom stereocenters. The molecule has 0 fully saturated rings. The smallest absolute Gasteiger partial charge is 0.253 e. The molecule has 1 aliphatic carbocycles. The van der Waals surface area contributed by atoms with Gasteiger partial charge in [-0.3, -0.25) is 4.79 Å². The van der Waals surface area contributed by atoms with Crippen molar-refractivity contribution in [3.05, 3.63) is 99.3 Å². The van der Waals surface area contributed by atoms with Gasteiger partial charge in [0.15, 0.2) is 0 Å². The third kappa shape index (κ3) is 3.84. The molecular weight excluding hydrogens is 453 g/mol. The Labute approximate surface area is 202 Å². The average molecular weight is 476 g/mol. The second-order valence-corrected chi connectivity index (χ2v) is 9.43. The van der Waals surface area contributed by atoms with Crippen LogP contribution in [0.15, 0.2) is 61.2 Å². The minimum Gasteiger partial charge on any atom is -0.345 e. The van der Waals surface area contributed by atoms with Crippen LogP contribution < -0.4 is 5.32 Å². The van der Waals surface area contributed by atoms with Crippen LogP contribution in [0.3, 0.4) is 0 Å². The highest BCUT2D eigenvalue weighted by atomic mass is 35.5. The Morgan fingerprint density at radius 3 is 2.58 bits per heavy atom. The SMILES string of the molecule is C=C(C)c1c(C(=O)N[C@H]2CCc3ccccc32)ccc2c(-c3cc(Cl)cc(Cl)c3)c(C)nn12. The fourth-order valence-electron chi connectivity index (χ4n) is 4.82. The molecule has 4 aromatic rings. The zero-order chi connectivity index (χ0) is 23.3. The van der Waals surface area contributed by atoms with E-state index < -0.39 is 0 Å². The van der Waals surface area contributed by atoms with Gasteiger partial charge >= 0.3 is 0 Å². The van der Waals surface area contributed by atoms with Gasteiger partial charge < -0.3 is 5.32 Å². The maximum atomic E-state index is 13.4. The van der Waals surface area contributed by atoms with Gasteiger partial charge in [0.1, 0.15) is 0 Å². The van der Waals surface area contributed by atoms with Gasteiger partial charge in [-0.2, -0.15) is 5.10 Å². The van der Waals surface area contributed by atoms with E-state index in [-0.39, 0.29) is 11.9 Å². The Bertz CT molecular complexity index is 1420. The molecule has 0 aliphatic heterocycles. The normalized spacial score (nSPS) is 15.0. The topological polar surface area (TPSA) is 46.4 Å². The molecule has 33 heavy (non-hydrogen) atoms. The van der Waals surface area contributed by atoms with Crippen molar-refractivity contribution < 1.29 is 4.79 Å². The van der Waals surface area contributed by atoms with Gasteiger partial charge in [-0.15, -0.1) is 0 Å². The van der Waals surface area contributed by atoms with Gasteiger partial charge in [0, 0.05) is 15.6 Å². The monoisotopic (exact) mass is 475 g/mol. The van der Waals surface area contributed by atoms with Crippen molar-refractivity contribution in [2.75, 3.05) is 0 Å². The van der Waals surface area contributed by atoms with Crippen LogP contribution in [0.1, 0.15) is 52.3 Å². The Morgan fingerprint density at radius 2 is 1.85 bits per heavy atom. The van der Waals surface area contributed by atoms with Crippen LogP contribution in [0, 0.1) is 6.92 Å². The van der Waals surface area contributed by atoms with Gasteiger partial charge in [-0.25, -0.2) is 4.52 Å². The molecule has 0 spiro atoms. The third-order valence-corrected chi connectivity index (χ3v) is 6.65. The molecule has 0 radical (unpaired) electrons.